The summed E-state index contributed by atoms with van der Waals surface area (Å²) in [5.74, 6) is -2.82. The third-order valence-corrected chi connectivity index (χ3v) is 15.4. The van der Waals surface area contributed by atoms with Crippen LogP contribution in [0.2, 0.25) is 0 Å². The lowest BCUT2D eigenvalue weighted by molar-refractivity contribution is -0.342. The van der Waals surface area contributed by atoms with Crippen LogP contribution < -0.4 is 0 Å². The summed E-state index contributed by atoms with van der Waals surface area (Å²) in [6.45, 7) is 2.98. The predicted molar refractivity (Wildman–Crippen MR) is 203 cm³/mol. The molecule has 0 spiro atoms. The highest BCUT2D eigenvalue weighted by molar-refractivity contribution is 6.16. The van der Waals surface area contributed by atoms with E-state index in [9.17, 15) is 45.3 Å². The number of aliphatic hydroxyl groups excluding tert-OH is 5. The van der Waals surface area contributed by atoms with Gasteiger partial charge in [-0.3, -0.25) is 0 Å². The number of carbonyl (C=O) groups excluding carboxylic acids is 2. The van der Waals surface area contributed by atoms with Crippen molar-refractivity contribution in [1.82, 2.24) is 0 Å². The smallest absolute Gasteiger partial charge is 0.339 e. The van der Waals surface area contributed by atoms with Gasteiger partial charge < -0.3 is 54.7 Å². The van der Waals surface area contributed by atoms with Gasteiger partial charge in [-0.25, -0.2) is 9.59 Å². The van der Waals surface area contributed by atoms with Crippen LogP contribution in [0.1, 0.15) is 69.2 Å². The van der Waals surface area contributed by atoms with Crippen LogP contribution in [0.15, 0.2) is 66.2 Å². The average molecular weight is 789 g/mol. The van der Waals surface area contributed by atoms with E-state index in [1.165, 1.54) is 6.08 Å². The Morgan fingerprint density at radius 3 is 2.26 bits per heavy atom. The zero-order chi connectivity index (χ0) is 40.2. The summed E-state index contributed by atoms with van der Waals surface area (Å²) in [7, 11) is 0. The number of cyclic esters (lactones) is 1. The first-order valence-electron chi connectivity index (χ1n) is 20.2. The van der Waals surface area contributed by atoms with Crippen LogP contribution in [0, 0.1) is 28.6 Å². The standard InChI is InChI=1S/C44H52O13/c1-22-36(49)38(57-39(51)34-27-9-5-3-7-23(27)15-24-8-4-6-10-28(24)34)37(50)40(55-22)56-26-17-32(47)43(21-45)35-30(11-13-42(43,52)18-26)44(53)14-12-29(25-16-33(48)54-20-25)41(44,2)19-31(35)46/h3-10,15-16,22,26,29-32,35-38,40,45-47,49-50,52-53H,11-14,17-21H2,1-2H3/t22-,26-,29+,30+,31+,32+,35+,36-,37+,38+,40-,41+,42-,43+,44?/m0/s1. The first kappa shape index (κ1) is 39.0. The molecule has 2 heterocycles. The average Bonchev–Trinajstić information content (AvgIpc) is 3.72. The molecule has 3 aromatic rings. The molecule has 5 fully saturated rings. The number of hydrogen-bond acceptors (Lipinski definition) is 13. The molecule has 0 radical (unpaired) electrons. The molecule has 306 valence electrons. The molecule has 4 saturated carbocycles. The van der Waals surface area contributed by atoms with E-state index >= 15 is 0 Å². The molecule has 4 aliphatic carbocycles. The fourth-order valence-corrected chi connectivity index (χ4v) is 12.6. The molecule has 3 aromatic carbocycles. The van der Waals surface area contributed by atoms with Crippen LogP contribution in [-0.2, 0) is 23.7 Å². The lowest BCUT2D eigenvalue weighted by atomic mass is 9.40. The first-order chi connectivity index (χ1) is 27.2. The molecule has 0 aromatic heterocycles. The Hall–Kier alpha value is -3.50. The second-order valence-corrected chi connectivity index (χ2v) is 17.9. The summed E-state index contributed by atoms with van der Waals surface area (Å²) in [5.41, 5.74) is -4.43. The monoisotopic (exact) mass is 788 g/mol. The Bertz CT molecular complexity index is 2070. The summed E-state index contributed by atoms with van der Waals surface area (Å²) in [6, 6.07) is 16.7. The minimum absolute atomic E-state index is 0.0775. The Balaban J connectivity index is 0.956. The van der Waals surface area contributed by atoms with E-state index in [1.807, 2.05) is 61.5 Å². The van der Waals surface area contributed by atoms with Crippen LogP contribution in [0.5, 0.6) is 0 Å². The SMILES string of the molecule is C[C@@H]1O[C@@H](O[C@H]2C[C@@H](O)[C@]3(CO)[C@H]4[C@H](O)C[C@]5(C)[C@@H](C6=CC(=O)OC6)CCC5(O)[C@@H]4CC[C@]3(O)C2)[C@H](O)[C@H](OC(=O)c2c3ccccc3cc3ccccc23)[C@H]1O. The fourth-order valence-electron chi connectivity index (χ4n) is 12.6. The molecule has 0 amide bonds. The number of carbonyl (C=O) groups is 2. The molecule has 13 heteroatoms. The maximum absolute atomic E-state index is 14.0. The van der Waals surface area contributed by atoms with Crippen molar-refractivity contribution in [1.29, 1.82) is 0 Å². The van der Waals surface area contributed by atoms with E-state index in [-0.39, 0.29) is 43.8 Å². The highest BCUT2D eigenvalue weighted by atomic mass is 16.7. The summed E-state index contributed by atoms with van der Waals surface area (Å²) in [4.78, 5) is 26.0. The lowest BCUT2D eigenvalue weighted by Gasteiger charge is -2.68. The highest BCUT2D eigenvalue weighted by Crippen LogP contribution is 2.70. The Morgan fingerprint density at radius 2 is 1.61 bits per heavy atom. The molecule has 0 bridgehead atoms. The van der Waals surface area contributed by atoms with E-state index < -0.39 is 101 Å². The number of hydrogen-bond donors (Lipinski definition) is 7. The van der Waals surface area contributed by atoms with Crippen molar-refractivity contribution in [2.24, 2.45) is 28.6 Å². The van der Waals surface area contributed by atoms with E-state index in [0.29, 0.717) is 30.0 Å². The second kappa shape index (κ2) is 13.8. The van der Waals surface area contributed by atoms with Crippen LogP contribution in [0.3, 0.4) is 0 Å². The molecule has 7 N–H and O–H groups in total. The Morgan fingerprint density at radius 1 is 0.930 bits per heavy atom. The summed E-state index contributed by atoms with van der Waals surface area (Å²) in [5, 5.41) is 86.3. The number of ether oxygens (including phenoxy) is 4. The molecule has 13 nitrogen and oxygen atoms in total. The van der Waals surface area contributed by atoms with Gasteiger partial charge in [-0.2, -0.15) is 0 Å². The van der Waals surface area contributed by atoms with Crippen molar-refractivity contribution in [2.75, 3.05) is 13.2 Å². The molecular weight excluding hydrogens is 736 g/mol. The minimum atomic E-state index is -1.76. The van der Waals surface area contributed by atoms with E-state index in [1.54, 1.807) is 6.92 Å². The van der Waals surface area contributed by atoms with Crippen molar-refractivity contribution < 1.29 is 64.3 Å². The summed E-state index contributed by atoms with van der Waals surface area (Å²) >= 11 is 0. The normalized spacial score (nSPS) is 44.2. The maximum Gasteiger partial charge on any atom is 0.339 e. The number of aliphatic hydroxyl groups is 7. The molecule has 1 unspecified atom stereocenters. The summed E-state index contributed by atoms with van der Waals surface area (Å²) in [6.07, 6.45) is -7.61. The molecule has 6 aliphatic rings. The number of esters is 2. The van der Waals surface area contributed by atoms with Crippen LogP contribution in [0.25, 0.3) is 21.5 Å². The van der Waals surface area contributed by atoms with E-state index in [0.717, 1.165) is 16.3 Å². The van der Waals surface area contributed by atoms with Gasteiger partial charge >= 0.3 is 11.9 Å². The Kier molecular flexibility index (Phi) is 9.43. The van der Waals surface area contributed by atoms with Gasteiger partial charge in [0.1, 0.15) is 18.8 Å². The first-order valence-corrected chi connectivity index (χ1v) is 20.2. The molecule has 2 aliphatic heterocycles. The van der Waals surface area contributed by atoms with E-state index in [4.69, 9.17) is 18.9 Å². The topological polar surface area (TPSA) is 213 Å². The molecule has 9 rings (SSSR count). The second-order valence-electron chi connectivity index (χ2n) is 17.9. The van der Waals surface area contributed by atoms with Crippen molar-refractivity contribution in [3.8, 4) is 0 Å². The third-order valence-electron chi connectivity index (χ3n) is 15.4. The quantitative estimate of drug-likeness (QED) is 0.109. The molecular formula is C44H52O13. The van der Waals surface area contributed by atoms with Crippen LogP contribution in [0.4, 0.5) is 0 Å². The van der Waals surface area contributed by atoms with Crippen LogP contribution >= 0.6 is 0 Å². The van der Waals surface area contributed by atoms with Gasteiger partial charge in [0.25, 0.3) is 0 Å². The van der Waals surface area contributed by atoms with Crippen molar-refractivity contribution in [3.05, 3.63) is 71.8 Å². The zero-order valence-electron chi connectivity index (χ0n) is 32.1. The number of benzene rings is 3. The Labute approximate surface area is 329 Å². The molecule has 15 atom stereocenters. The van der Waals surface area contributed by atoms with Gasteiger partial charge in [-0.15, -0.1) is 0 Å². The third kappa shape index (κ3) is 5.61. The van der Waals surface area contributed by atoms with Gasteiger partial charge in [0.2, 0.25) is 0 Å². The van der Waals surface area contributed by atoms with Gasteiger partial charge in [0, 0.05) is 30.3 Å². The predicted octanol–water partition coefficient (Wildman–Crippen LogP) is 2.66. The number of fused-ring (bicyclic) bond motifs is 7. The molecule has 1 saturated heterocycles. The maximum atomic E-state index is 14.0. The summed E-state index contributed by atoms with van der Waals surface area (Å²) < 4.78 is 23.4. The van der Waals surface area contributed by atoms with Crippen molar-refractivity contribution >= 4 is 33.5 Å². The fraction of sp³-hybridized carbons (Fsp3) is 0.591. The van der Waals surface area contributed by atoms with Gasteiger partial charge in [-0.05, 0) is 84.0 Å². The number of rotatable bonds is 6. The van der Waals surface area contributed by atoms with Crippen LogP contribution in [-0.4, -0.2) is 121 Å². The van der Waals surface area contributed by atoms with Crippen molar-refractivity contribution in [3.63, 3.8) is 0 Å². The van der Waals surface area contributed by atoms with E-state index in [2.05, 4.69) is 0 Å². The van der Waals surface area contributed by atoms with Gasteiger partial charge in [0.05, 0.1) is 53.2 Å². The largest absolute Gasteiger partial charge is 0.458 e. The van der Waals surface area contributed by atoms with Gasteiger partial charge in [0.15, 0.2) is 12.4 Å². The highest BCUT2D eigenvalue weighted by Gasteiger charge is 2.75. The van der Waals surface area contributed by atoms with Crippen molar-refractivity contribution in [2.45, 2.75) is 119 Å². The minimum Gasteiger partial charge on any atom is -0.458 e. The van der Waals surface area contributed by atoms with Gasteiger partial charge in [-0.1, -0.05) is 55.5 Å². The molecule has 57 heavy (non-hydrogen) atoms. The zero-order valence-corrected chi connectivity index (χ0v) is 32.1. The lowest BCUT2D eigenvalue weighted by Crippen LogP contribution is -2.76.